The molecule has 0 bridgehead atoms. The van der Waals surface area contributed by atoms with Gasteiger partial charge < -0.3 is 15.0 Å². The molecule has 15 heavy (non-hydrogen) atoms. The van der Waals surface area contributed by atoms with Gasteiger partial charge in [0.2, 0.25) is 0 Å². The van der Waals surface area contributed by atoms with Crippen LogP contribution in [0.1, 0.15) is 19.3 Å². The predicted octanol–water partition coefficient (Wildman–Crippen LogP) is 0.232. The number of hydrogen-bond acceptors (Lipinski definition) is 3. The van der Waals surface area contributed by atoms with Crippen molar-refractivity contribution in [3.8, 4) is 0 Å². The zero-order chi connectivity index (χ0) is 10.8. The van der Waals surface area contributed by atoms with Gasteiger partial charge >= 0.3 is 0 Å². The van der Waals surface area contributed by atoms with E-state index >= 15 is 0 Å². The van der Waals surface area contributed by atoms with Crippen LogP contribution in [0.5, 0.6) is 0 Å². The van der Waals surface area contributed by atoms with Crippen LogP contribution >= 0.6 is 0 Å². The smallest absolute Gasteiger partial charge is 0.251 e. The third-order valence-corrected chi connectivity index (χ3v) is 3.74. The van der Waals surface area contributed by atoms with Gasteiger partial charge in [0.25, 0.3) is 5.91 Å². The summed E-state index contributed by atoms with van der Waals surface area (Å²) in [7, 11) is 3.53. The first-order chi connectivity index (χ1) is 7.24. The molecule has 2 saturated heterocycles. The summed E-state index contributed by atoms with van der Waals surface area (Å²) in [6, 6.07) is 0.371. The quantitative estimate of drug-likeness (QED) is 0.712. The molecule has 86 valence electrons. The van der Waals surface area contributed by atoms with Crippen molar-refractivity contribution >= 4 is 5.91 Å². The van der Waals surface area contributed by atoms with Gasteiger partial charge in [-0.05, 0) is 31.8 Å². The summed E-state index contributed by atoms with van der Waals surface area (Å²) in [6.45, 7) is 2.16. The van der Waals surface area contributed by atoms with E-state index in [2.05, 4.69) is 5.32 Å². The third-order valence-electron chi connectivity index (χ3n) is 3.74. The zero-order valence-corrected chi connectivity index (χ0v) is 9.53. The van der Waals surface area contributed by atoms with Crippen molar-refractivity contribution in [2.75, 3.05) is 27.2 Å². The van der Waals surface area contributed by atoms with E-state index in [1.807, 2.05) is 11.9 Å². The van der Waals surface area contributed by atoms with Gasteiger partial charge in [-0.3, -0.25) is 4.79 Å². The minimum atomic E-state index is -0.207. The Morgan fingerprint density at radius 1 is 1.53 bits per heavy atom. The summed E-state index contributed by atoms with van der Waals surface area (Å²) in [5.74, 6) is 0.751. The number of nitrogens with one attached hydrogen (secondary N) is 1. The van der Waals surface area contributed by atoms with E-state index in [0.29, 0.717) is 12.0 Å². The van der Waals surface area contributed by atoms with Crippen molar-refractivity contribution < 1.29 is 9.53 Å². The molecule has 0 spiro atoms. The highest BCUT2D eigenvalue weighted by molar-refractivity contribution is 5.83. The van der Waals surface area contributed by atoms with Crippen LogP contribution in [0, 0.1) is 5.92 Å². The molecule has 0 aromatic heterocycles. The van der Waals surface area contributed by atoms with Crippen LogP contribution in [0.3, 0.4) is 0 Å². The molecule has 1 amide bonds. The summed E-state index contributed by atoms with van der Waals surface area (Å²) in [5.41, 5.74) is 0. The van der Waals surface area contributed by atoms with Crippen molar-refractivity contribution in [2.24, 2.45) is 5.92 Å². The second-order valence-electron chi connectivity index (χ2n) is 4.58. The van der Waals surface area contributed by atoms with Gasteiger partial charge in [-0.1, -0.05) is 0 Å². The number of likely N-dealkylation sites (N-methyl/N-ethyl adjacent to an activating group) is 1. The number of carbonyl (C=O) groups excluding carboxylic acids is 1. The van der Waals surface area contributed by atoms with Crippen LogP contribution in [0.25, 0.3) is 0 Å². The molecule has 2 rings (SSSR count). The maximum Gasteiger partial charge on any atom is 0.251 e. The molecule has 3 unspecified atom stereocenters. The minimum absolute atomic E-state index is 0.146. The minimum Gasteiger partial charge on any atom is -0.372 e. The van der Waals surface area contributed by atoms with E-state index in [1.165, 1.54) is 12.8 Å². The Kier molecular flexibility index (Phi) is 3.26. The summed E-state index contributed by atoms with van der Waals surface area (Å²) in [4.78, 5) is 13.7. The molecule has 4 heteroatoms. The SMILES string of the molecule is COC1CC(C2CCCNC2)N(C)C1=O. The van der Waals surface area contributed by atoms with Crippen molar-refractivity contribution in [2.45, 2.75) is 31.4 Å². The summed E-state index contributed by atoms with van der Waals surface area (Å²) < 4.78 is 5.20. The lowest BCUT2D eigenvalue weighted by molar-refractivity contribution is -0.135. The number of hydrogen-bond donors (Lipinski definition) is 1. The maximum atomic E-state index is 11.8. The summed E-state index contributed by atoms with van der Waals surface area (Å²) in [6.07, 6.45) is 3.10. The lowest BCUT2D eigenvalue weighted by Gasteiger charge is -2.31. The van der Waals surface area contributed by atoms with Gasteiger partial charge in [0.15, 0.2) is 0 Å². The normalized spacial score (nSPS) is 37.3. The number of rotatable bonds is 2. The Morgan fingerprint density at radius 3 is 2.87 bits per heavy atom. The topological polar surface area (TPSA) is 41.6 Å². The van der Waals surface area contributed by atoms with Gasteiger partial charge in [0, 0.05) is 26.6 Å². The van der Waals surface area contributed by atoms with Crippen LogP contribution in [0.15, 0.2) is 0 Å². The molecule has 0 aromatic rings. The molecular formula is C11H20N2O2. The monoisotopic (exact) mass is 212 g/mol. The maximum absolute atomic E-state index is 11.8. The fourth-order valence-corrected chi connectivity index (χ4v) is 2.78. The van der Waals surface area contributed by atoms with Crippen LogP contribution in [0.2, 0.25) is 0 Å². The predicted molar refractivity (Wildman–Crippen MR) is 57.6 cm³/mol. The van der Waals surface area contributed by atoms with E-state index in [0.717, 1.165) is 19.5 Å². The second kappa shape index (κ2) is 4.49. The van der Waals surface area contributed by atoms with Crippen molar-refractivity contribution in [1.82, 2.24) is 10.2 Å². The molecule has 2 heterocycles. The summed E-state index contributed by atoms with van der Waals surface area (Å²) >= 11 is 0. The molecule has 0 aliphatic carbocycles. The van der Waals surface area contributed by atoms with Gasteiger partial charge in [-0.2, -0.15) is 0 Å². The van der Waals surface area contributed by atoms with E-state index < -0.39 is 0 Å². The first-order valence-electron chi connectivity index (χ1n) is 5.74. The average molecular weight is 212 g/mol. The van der Waals surface area contributed by atoms with Gasteiger partial charge in [-0.25, -0.2) is 0 Å². The number of amides is 1. The highest BCUT2D eigenvalue weighted by atomic mass is 16.5. The lowest BCUT2D eigenvalue weighted by Crippen LogP contribution is -2.42. The number of piperidine rings is 1. The van der Waals surface area contributed by atoms with E-state index in [4.69, 9.17) is 4.74 Å². The first kappa shape index (κ1) is 10.9. The largest absolute Gasteiger partial charge is 0.372 e. The second-order valence-corrected chi connectivity index (χ2v) is 4.58. The average Bonchev–Trinajstić information content (AvgIpc) is 2.57. The molecule has 2 aliphatic rings. The van der Waals surface area contributed by atoms with Crippen molar-refractivity contribution in [3.63, 3.8) is 0 Å². The van der Waals surface area contributed by atoms with Crippen LogP contribution in [-0.2, 0) is 9.53 Å². The zero-order valence-electron chi connectivity index (χ0n) is 9.53. The highest BCUT2D eigenvalue weighted by Gasteiger charge is 2.41. The highest BCUT2D eigenvalue weighted by Crippen LogP contribution is 2.28. The van der Waals surface area contributed by atoms with E-state index in [9.17, 15) is 4.79 Å². The van der Waals surface area contributed by atoms with Crippen molar-refractivity contribution in [3.05, 3.63) is 0 Å². The van der Waals surface area contributed by atoms with E-state index in [1.54, 1.807) is 7.11 Å². The van der Waals surface area contributed by atoms with Gasteiger partial charge in [0.1, 0.15) is 6.10 Å². The Hall–Kier alpha value is -0.610. The summed E-state index contributed by atoms with van der Waals surface area (Å²) in [5, 5.41) is 3.40. The fraction of sp³-hybridized carbons (Fsp3) is 0.909. The number of likely N-dealkylation sites (tertiary alicyclic amines) is 1. The van der Waals surface area contributed by atoms with Crippen molar-refractivity contribution in [1.29, 1.82) is 0 Å². The number of ether oxygens (including phenoxy) is 1. The molecule has 4 nitrogen and oxygen atoms in total. The van der Waals surface area contributed by atoms with Gasteiger partial charge in [0.05, 0.1) is 0 Å². The molecular weight excluding hydrogens is 192 g/mol. The molecule has 2 aliphatic heterocycles. The Morgan fingerprint density at radius 2 is 2.33 bits per heavy atom. The number of carbonyl (C=O) groups is 1. The Bertz CT molecular complexity index is 239. The molecule has 3 atom stereocenters. The Labute approximate surface area is 91.0 Å². The third kappa shape index (κ3) is 2.01. The number of methoxy groups -OCH3 is 1. The first-order valence-corrected chi connectivity index (χ1v) is 5.74. The van der Waals surface area contributed by atoms with Gasteiger partial charge in [-0.15, -0.1) is 0 Å². The van der Waals surface area contributed by atoms with Crippen LogP contribution in [-0.4, -0.2) is 50.2 Å². The molecule has 0 aromatic carbocycles. The molecule has 0 radical (unpaired) electrons. The lowest BCUT2D eigenvalue weighted by atomic mass is 9.90. The van der Waals surface area contributed by atoms with E-state index in [-0.39, 0.29) is 12.0 Å². The number of nitrogens with zero attached hydrogens (tertiary/aromatic N) is 1. The molecule has 0 saturated carbocycles. The molecule has 1 N–H and O–H groups in total. The van der Waals surface area contributed by atoms with Crippen LogP contribution in [0.4, 0.5) is 0 Å². The molecule has 2 fully saturated rings. The fourth-order valence-electron chi connectivity index (χ4n) is 2.78. The standard InChI is InChI=1S/C11H20N2O2/c1-13-9(6-10(15-2)11(13)14)8-4-3-5-12-7-8/h8-10,12H,3-7H2,1-2H3. The van der Waals surface area contributed by atoms with Crippen LogP contribution < -0.4 is 5.32 Å². The Balaban J connectivity index is 2.00.